The summed E-state index contributed by atoms with van der Waals surface area (Å²) in [7, 11) is -2.57. The summed E-state index contributed by atoms with van der Waals surface area (Å²) >= 11 is 0. The number of ether oxygens (including phenoxy) is 1. The molecule has 22 heavy (non-hydrogen) atoms. The molecule has 0 aromatic heterocycles. The van der Waals surface area contributed by atoms with Crippen LogP contribution >= 0.6 is 0 Å². The van der Waals surface area contributed by atoms with Crippen LogP contribution in [0.3, 0.4) is 0 Å². The van der Waals surface area contributed by atoms with Gasteiger partial charge in [0.15, 0.2) is 11.6 Å². The van der Waals surface area contributed by atoms with E-state index in [0.717, 1.165) is 6.07 Å². The fourth-order valence-corrected chi connectivity index (χ4v) is 2.92. The van der Waals surface area contributed by atoms with Gasteiger partial charge in [-0.25, -0.2) is 21.9 Å². The second kappa shape index (κ2) is 6.41. The fourth-order valence-electron chi connectivity index (χ4n) is 1.89. The minimum atomic E-state index is -3.87. The minimum Gasteiger partial charge on any atom is -0.494 e. The molecule has 0 fully saturated rings. The van der Waals surface area contributed by atoms with E-state index in [1.807, 2.05) is 0 Å². The SMILES string of the molecule is COc1ccc(S(=O)(=O)NCc2ccc(F)c(C)c2)cc1F. The number of methoxy groups -OCH3 is 1. The summed E-state index contributed by atoms with van der Waals surface area (Å²) in [6.07, 6.45) is 0. The molecule has 2 aromatic rings. The third kappa shape index (κ3) is 3.61. The molecule has 0 aliphatic carbocycles. The zero-order chi connectivity index (χ0) is 16.3. The second-order valence-electron chi connectivity index (χ2n) is 4.70. The maximum atomic E-state index is 13.6. The predicted octanol–water partition coefficient (Wildman–Crippen LogP) is 2.76. The average molecular weight is 327 g/mol. The van der Waals surface area contributed by atoms with Crippen LogP contribution in [0.15, 0.2) is 41.3 Å². The van der Waals surface area contributed by atoms with Gasteiger partial charge in [-0.1, -0.05) is 12.1 Å². The number of benzene rings is 2. The van der Waals surface area contributed by atoms with Crippen molar-refractivity contribution >= 4 is 10.0 Å². The highest BCUT2D eigenvalue weighted by atomic mass is 32.2. The Labute approximate surface area is 127 Å². The first kappa shape index (κ1) is 16.4. The molecule has 2 aromatic carbocycles. The summed E-state index contributed by atoms with van der Waals surface area (Å²) in [6, 6.07) is 7.68. The van der Waals surface area contributed by atoms with Gasteiger partial charge < -0.3 is 4.74 Å². The van der Waals surface area contributed by atoms with E-state index < -0.39 is 15.8 Å². The summed E-state index contributed by atoms with van der Waals surface area (Å²) < 4.78 is 58.1. The Hall–Kier alpha value is -1.99. The molecule has 7 heteroatoms. The van der Waals surface area contributed by atoms with Gasteiger partial charge in [-0.05, 0) is 42.3 Å². The first-order valence-corrected chi connectivity index (χ1v) is 7.90. The molecule has 1 N–H and O–H groups in total. The monoisotopic (exact) mass is 327 g/mol. The molecule has 0 saturated carbocycles. The van der Waals surface area contributed by atoms with Crippen LogP contribution in [0, 0.1) is 18.6 Å². The zero-order valence-electron chi connectivity index (χ0n) is 12.1. The van der Waals surface area contributed by atoms with Gasteiger partial charge in [-0.3, -0.25) is 0 Å². The molecule has 0 heterocycles. The van der Waals surface area contributed by atoms with Gasteiger partial charge in [0, 0.05) is 6.54 Å². The molecule has 0 amide bonds. The fraction of sp³-hybridized carbons (Fsp3) is 0.200. The van der Waals surface area contributed by atoms with Crippen molar-refractivity contribution in [3.05, 3.63) is 59.2 Å². The predicted molar refractivity (Wildman–Crippen MR) is 78.1 cm³/mol. The molecule has 0 spiro atoms. The van der Waals surface area contributed by atoms with E-state index in [1.54, 1.807) is 13.0 Å². The topological polar surface area (TPSA) is 55.4 Å². The zero-order valence-corrected chi connectivity index (χ0v) is 12.9. The van der Waals surface area contributed by atoms with E-state index in [9.17, 15) is 17.2 Å². The van der Waals surface area contributed by atoms with Crippen molar-refractivity contribution < 1.29 is 21.9 Å². The molecular formula is C15H15F2NO3S. The summed E-state index contributed by atoms with van der Waals surface area (Å²) in [6.45, 7) is 1.57. The van der Waals surface area contributed by atoms with Crippen LogP contribution in [0.1, 0.15) is 11.1 Å². The number of rotatable bonds is 5. The van der Waals surface area contributed by atoms with Crippen LogP contribution in [0.4, 0.5) is 8.78 Å². The number of hydrogen-bond acceptors (Lipinski definition) is 3. The van der Waals surface area contributed by atoms with Gasteiger partial charge in [0.2, 0.25) is 10.0 Å². The van der Waals surface area contributed by atoms with Gasteiger partial charge in [0.25, 0.3) is 0 Å². The summed E-state index contributed by atoms with van der Waals surface area (Å²) in [4.78, 5) is -0.204. The summed E-state index contributed by atoms with van der Waals surface area (Å²) in [5.74, 6) is -1.15. The normalized spacial score (nSPS) is 11.5. The van der Waals surface area contributed by atoms with Crippen LogP contribution < -0.4 is 9.46 Å². The van der Waals surface area contributed by atoms with Crippen LogP contribution in [0.25, 0.3) is 0 Å². The first-order valence-electron chi connectivity index (χ1n) is 6.42. The lowest BCUT2D eigenvalue weighted by Crippen LogP contribution is -2.23. The average Bonchev–Trinajstić information content (AvgIpc) is 2.48. The lowest BCUT2D eigenvalue weighted by atomic mass is 10.1. The third-order valence-corrected chi connectivity index (χ3v) is 4.52. The number of sulfonamides is 1. The Morgan fingerprint density at radius 3 is 2.41 bits per heavy atom. The largest absolute Gasteiger partial charge is 0.494 e. The van der Waals surface area contributed by atoms with Crippen molar-refractivity contribution in [3.8, 4) is 5.75 Å². The van der Waals surface area contributed by atoms with Crippen molar-refractivity contribution in [2.24, 2.45) is 0 Å². The van der Waals surface area contributed by atoms with E-state index in [1.165, 1.54) is 31.4 Å². The lowest BCUT2D eigenvalue weighted by Gasteiger charge is -2.09. The molecule has 0 aliphatic rings. The molecule has 118 valence electrons. The molecule has 4 nitrogen and oxygen atoms in total. The first-order chi connectivity index (χ1) is 10.3. The van der Waals surface area contributed by atoms with E-state index in [0.29, 0.717) is 11.1 Å². The molecule has 0 atom stereocenters. The minimum absolute atomic E-state index is 0.0168. The molecular weight excluding hydrogens is 312 g/mol. The maximum Gasteiger partial charge on any atom is 0.240 e. The van der Waals surface area contributed by atoms with Crippen molar-refractivity contribution in [1.82, 2.24) is 4.72 Å². The Morgan fingerprint density at radius 2 is 1.82 bits per heavy atom. The molecule has 0 unspecified atom stereocenters. The smallest absolute Gasteiger partial charge is 0.240 e. The van der Waals surface area contributed by atoms with Crippen molar-refractivity contribution in [3.63, 3.8) is 0 Å². The van der Waals surface area contributed by atoms with Crippen LogP contribution in [-0.4, -0.2) is 15.5 Å². The Morgan fingerprint density at radius 1 is 1.09 bits per heavy atom. The number of hydrogen-bond donors (Lipinski definition) is 1. The Balaban J connectivity index is 2.17. The molecule has 2 rings (SSSR count). The number of aryl methyl sites for hydroxylation is 1. The maximum absolute atomic E-state index is 13.6. The molecule has 0 saturated heterocycles. The second-order valence-corrected chi connectivity index (χ2v) is 6.47. The number of nitrogens with one attached hydrogen (secondary N) is 1. The molecule has 0 radical (unpaired) electrons. The van der Waals surface area contributed by atoms with Gasteiger partial charge in [-0.2, -0.15) is 0 Å². The van der Waals surface area contributed by atoms with Gasteiger partial charge in [0.05, 0.1) is 12.0 Å². The summed E-state index contributed by atoms with van der Waals surface area (Å²) in [5, 5.41) is 0. The standard InChI is InChI=1S/C15H15F2NO3S/c1-10-7-11(3-5-13(10)16)9-18-22(19,20)12-4-6-15(21-2)14(17)8-12/h3-8,18H,9H2,1-2H3. The third-order valence-electron chi connectivity index (χ3n) is 3.12. The molecule has 0 aliphatic heterocycles. The van der Waals surface area contributed by atoms with Crippen molar-refractivity contribution in [2.75, 3.05) is 7.11 Å². The van der Waals surface area contributed by atoms with E-state index in [2.05, 4.69) is 4.72 Å². The van der Waals surface area contributed by atoms with Gasteiger partial charge >= 0.3 is 0 Å². The van der Waals surface area contributed by atoms with Gasteiger partial charge in [0.1, 0.15) is 5.82 Å². The highest BCUT2D eigenvalue weighted by Gasteiger charge is 2.16. The quantitative estimate of drug-likeness (QED) is 0.919. The Kier molecular flexibility index (Phi) is 4.77. The van der Waals surface area contributed by atoms with Crippen LogP contribution in [0.2, 0.25) is 0 Å². The summed E-state index contributed by atoms with van der Waals surface area (Å²) in [5.41, 5.74) is 1.03. The Bertz CT molecular complexity index is 791. The van der Waals surface area contributed by atoms with E-state index in [4.69, 9.17) is 4.74 Å². The van der Waals surface area contributed by atoms with Crippen molar-refractivity contribution in [2.45, 2.75) is 18.4 Å². The highest BCUT2D eigenvalue weighted by Crippen LogP contribution is 2.20. The highest BCUT2D eigenvalue weighted by molar-refractivity contribution is 7.89. The molecule has 0 bridgehead atoms. The van der Waals surface area contributed by atoms with E-state index >= 15 is 0 Å². The van der Waals surface area contributed by atoms with Crippen molar-refractivity contribution in [1.29, 1.82) is 0 Å². The van der Waals surface area contributed by atoms with Crippen LogP contribution in [0.5, 0.6) is 5.75 Å². The number of halogens is 2. The van der Waals surface area contributed by atoms with Crippen LogP contribution in [-0.2, 0) is 16.6 Å². The lowest BCUT2D eigenvalue weighted by molar-refractivity contribution is 0.385. The van der Waals surface area contributed by atoms with Gasteiger partial charge in [-0.15, -0.1) is 0 Å². The van der Waals surface area contributed by atoms with E-state index in [-0.39, 0.29) is 23.0 Å².